The zero-order valence-corrected chi connectivity index (χ0v) is 15.9. The molecule has 1 saturated heterocycles. The summed E-state index contributed by atoms with van der Waals surface area (Å²) < 4.78 is 1.79. The fraction of sp³-hybridized carbons (Fsp3) is 0.238. The first-order chi connectivity index (χ1) is 14.2. The van der Waals surface area contributed by atoms with Crippen LogP contribution in [-0.2, 0) is 4.79 Å². The van der Waals surface area contributed by atoms with Crippen molar-refractivity contribution in [2.45, 2.75) is 0 Å². The van der Waals surface area contributed by atoms with E-state index in [-0.39, 0.29) is 11.8 Å². The van der Waals surface area contributed by atoms with Crippen LogP contribution in [0.4, 0.5) is 5.69 Å². The number of aromatic nitrogens is 3. The van der Waals surface area contributed by atoms with Crippen molar-refractivity contribution >= 4 is 17.5 Å². The number of para-hydroxylation sites is 1. The Morgan fingerprint density at radius 1 is 1.00 bits per heavy atom. The lowest BCUT2D eigenvalue weighted by molar-refractivity contribution is -0.117. The van der Waals surface area contributed by atoms with Crippen LogP contribution < -0.4 is 5.32 Å². The minimum absolute atomic E-state index is 0.0388. The lowest BCUT2D eigenvalue weighted by Crippen LogP contribution is -2.50. The molecule has 2 aromatic heterocycles. The van der Waals surface area contributed by atoms with Crippen molar-refractivity contribution in [1.29, 1.82) is 0 Å². The molecule has 148 valence electrons. The first-order valence-electron chi connectivity index (χ1n) is 9.50. The van der Waals surface area contributed by atoms with Crippen LogP contribution in [0.1, 0.15) is 10.4 Å². The average molecular weight is 390 g/mol. The van der Waals surface area contributed by atoms with Gasteiger partial charge in [0.1, 0.15) is 12.1 Å². The van der Waals surface area contributed by atoms with Gasteiger partial charge in [0.15, 0.2) is 0 Å². The van der Waals surface area contributed by atoms with Gasteiger partial charge in [0.2, 0.25) is 5.91 Å². The monoisotopic (exact) mass is 390 g/mol. The zero-order valence-electron chi connectivity index (χ0n) is 15.9. The van der Waals surface area contributed by atoms with Crippen LogP contribution in [0.5, 0.6) is 0 Å². The lowest BCUT2D eigenvalue weighted by Gasteiger charge is -2.34. The topological polar surface area (TPSA) is 83.4 Å². The molecule has 4 rings (SSSR count). The molecule has 3 heterocycles. The Morgan fingerprint density at radius 3 is 2.45 bits per heavy atom. The minimum Gasteiger partial charge on any atom is -0.336 e. The molecule has 3 aromatic rings. The van der Waals surface area contributed by atoms with Gasteiger partial charge in [-0.2, -0.15) is 0 Å². The summed E-state index contributed by atoms with van der Waals surface area (Å²) in [5.74, 6) is 0.631. The van der Waals surface area contributed by atoms with Gasteiger partial charge in [0, 0.05) is 50.5 Å². The Balaban J connectivity index is 1.28. The van der Waals surface area contributed by atoms with Crippen molar-refractivity contribution < 1.29 is 9.59 Å². The minimum atomic E-state index is -0.0460. The van der Waals surface area contributed by atoms with E-state index in [0.29, 0.717) is 44.1 Å². The summed E-state index contributed by atoms with van der Waals surface area (Å²) in [5, 5.41) is 2.89. The highest BCUT2D eigenvalue weighted by molar-refractivity contribution is 5.94. The summed E-state index contributed by atoms with van der Waals surface area (Å²) in [6.45, 7) is 2.81. The van der Waals surface area contributed by atoms with E-state index in [2.05, 4.69) is 20.2 Å². The molecule has 1 aliphatic heterocycles. The Labute approximate surface area is 168 Å². The molecule has 0 spiro atoms. The molecule has 1 fully saturated rings. The second-order valence-corrected chi connectivity index (χ2v) is 6.86. The molecule has 1 aromatic carbocycles. The van der Waals surface area contributed by atoms with Gasteiger partial charge in [-0.25, -0.2) is 9.97 Å². The molecular weight excluding hydrogens is 368 g/mol. The highest BCUT2D eigenvalue weighted by Gasteiger charge is 2.23. The molecule has 0 atom stereocenters. The quantitative estimate of drug-likeness (QED) is 0.716. The summed E-state index contributed by atoms with van der Waals surface area (Å²) in [4.78, 5) is 37.1. The fourth-order valence-electron chi connectivity index (χ4n) is 3.28. The number of hydrogen-bond acceptors (Lipinski definition) is 5. The number of pyridine rings is 1. The lowest BCUT2D eigenvalue weighted by atomic mass is 10.2. The Kier molecular flexibility index (Phi) is 5.62. The standard InChI is InChI=1S/C21H22N6O2/c28-20(24-18-4-2-1-3-5-18)15-25-10-12-26(13-11-25)21(29)17-6-7-19(23-14-17)27-9-8-22-16-27/h1-9,14,16H,10-13,15H2,(H,24,28). The Hall–Kier alpha value is -3.52. The number of nitrogens with zero attached hydrogens (tertiary/aromatic N) is 5. The number of rotatable bonds is 5. The molecule has 0 bridgehead atoms. The van der Waals surface area contributed by atoms with E-state index in [0.717, 1.165) is 5.69 Å². The molecule has 0 radical (unpaired) electrons. The third kappa shape index (κ3) is 4.67. The molecule has 1 N–H and O–H groups in total. The Bertz CT molecular complexity index is 949. The number of piperazine rings is 1. The largest absolute Gasteiger partial charge is 0.336 e. The number of anilines is 1. The van der Waals surface area contributed by atoms with Crippen LogP contribution in [0.2, 0.25) is 0 Å². The first kappa shape index (κ1) is 18.8. The normalized spacial score (nSPS) is 14.6. The van der Waals surface area contributed by atoms with Crippen molar-refractivity contribution in [3.63, 3.8) is 0 Å². The van der Waals surface area contributed by atoms with E-state index in [9.17, 15) is 9.59 Å². The molecular formula is C21H22N6O2. The number of carbonyl (C=O) groups excluding carboxylic acids is 2. The summed E-state index contributed by atoms with van der Waals surface area (Å²) in [5.41, 5.74) is 1.35. The summed E-state index contributed by atoms with van der Waals surface area (Å²) >= 11 is 0. The number of imidazole rings is 1. The molecule has 1 aliphatic rings. The van der Waals surface area contributed by atoms with Gasteiger partial charge >= 0.3 is 0 Å². The third-order valence-electron chi connectivity index (χ3n) is 4.85. The second-order valence-electron chi connectivity index (χ2n) is 6.86. The maximum Gasteiger partial charge on any atom is 0.255 e. The summed E-state index contributed by atoms with van der Waals surface area (Å²) in [6, 6.07) is 13.0. The van der Waals surface area contributed by atoms with Gasteiger partial charge in [-0.3, -0.25) is 19.1 Å². The highest BCUT2D eigenvalue weighted by Crippen LogP contribution is 2.11. The van der Waals surface area contributed by atoms with Gasteiger partial charge in [0.25, 0.3) is 5.91 Å². The fourth-order valence-corrected chi connectivity index (χ4v) is 3.28. The predicted molar refractivity (Wildman–Crippen MR) is 109 cm³/mol. The van der Waals surface area contributed by atoms with Crippen LogP contribution in [0.15, 0.2) is 67.4 Å². The predicted octanol–water partition coefficient (Wildman–Crippen LogP) is 1.66. The van der Waals surface area contributed by atoms with Crippen LogP contribution in [0.25, 0.3) is 5.82 Å². The van der Waals surface area contributed by atoms with Crippen LogP contribution >= 0.6 is 0 Å². The van der Waals surface area contributed by atoms with Crippen molar-refractivity contribution in [3.8, 4) is 5.82 Å². The van der Waals surface area contributed by atoms with Crippen LogP contribution in [-0.4, -0.2) is 68.9 Å². The van der Waals surface area contributed by atoms with Crippen molar-refractivity contribution in [2.24, 2.45) is 0 Å². The molecule has 0 saturated carbocycles. The van der Waals surface area contributed by atoms with E-state index >= 15 is 0 Å². The molecule has 0 unspecified atom stereocenters. The van der Waals surface area contributed by atoms with E-state index in [1.165, 1.54) is 0 Å². The van der Waals surface area contributed by atoms with E-state index < -0.39 is 0 Å². The highest BCUT2D eigenvalue weighted by atomic mass is 16.2. The zero-order chi connectivity index (χ0) is 20.1. The number of hydrogen-bond donors (Lipinski definition) is 1. The first-order valence-corrected chi connectivity index (χ1v) is 9.50. The van der Waals surface area contributed by atoms with E-state index in [1.807, 2.05) is 30.3 Å². The maximum atomic E-state index is 12.7. The number of amides is 2. The number of carbonyl (C=O) groups is 2. The number of benzene rings is 1. The van der Waals surface area contributed by atoms with Crippen LogP contribution in [0, 0.1) is 0 Å². The number of nitrogens with one attached hydrogen (secondary N) is 1. The van der Waals surface area contributed by atoms with Gasteiger partial charge in [-0.1, -0.05) is 18.2 Å². The molecule has 8 heteroatoms. The SMILES string of the molecule is O=C(CN1CCN(C(=O)c2ccc(-n3ccnc3)nc2)CC1)Nc1ccccc1. The van der Waals surface area contributed by atoms with Crippen molar-refractivity contribution in [2.75, 3.05) is 38.0 Å². The average Bonchev–Trinajstić information content (AvgIpc) is 3.29. The summed E-state index contributed by atoms with van der Waals surface area (Å²) in [7, 11) is 0. The Morgan fingerprint density at radius 2 is 1.79 bits per heavy atom. The second kappa shape index (κ2) is 8.66. The molecule has 8 nitrogen and oxygen atoms in total. The van der Waals surface area contributed by atoms with Crippen LogP contribution in [0.3, 0.4) is 0 Å². The van der Waals surface area contributed by atoms with Crippen molar-refractivity contribution in [1.82, 2.24) is 24.3 Å². The van der Waals surface area contributed by atoms with E-state index in [1.54, 1.807) is 46.5 Å². The summed E-state index contributed by atoms with van der Waals surface area (Å²) in [6.07, 6.45) is 6.74. The smallest absolute Gasteiger partial charge is 0.255 e. The maximum absolute atomic E-state index is 12.7. The van der Waals surface area contributed by atoms with Gasteiger partial charge in [-0.05, 0) is 24.3 Å². The molecule has 0 aliphatic carbocycles. The van der Waals surface area contributed by atoms with Gasteiger partial charge in [-0.15, -0.1) is 0 Å². The molecule has 29 heavy (non-hydrogen) atoms. The van der Waals surface area contributed by atoms with Gasteiger partial charge in [0.05, 0.1) is 12.1 Å². The third-order valence-corrected chi connectivity index (χ3v) is 4.85. The van der Waals surface area contributed by atoms with Crippen molar-refractivity contribution in [3.05, 3.63) is 72.9 Å². The molecule has 2 amide bonds. The van der Waals surface area contributed by atoms with E-state index in [4.69, 9.17) is 0 Å². The van der Waals surface area contributed by atoms with Gasteiger partial charge < -0.3 is 10.2 Å².